The van der Waals surface area contributed by atoms with Crippen LogP contribution in [0.1, 0.15) is 5.69 Å². The van der Waals surface area contributed by atoms with Crippen molar-refractivity contribution < 1.29 is 4.79 Å². The molecule has 0 unspecified atom stereocenters. The monoisotopic (exact) mass is 404 g/mol. The van der Waals surface area contributed by atoms with Crippen molar-refractivity contribution in [3.05, 3.63) is 72.9 Å². The quantitative estimate of drug-likeness (QED) is 0.501. The zero-order valence-corrected chi connectivity index (χ0v) is 17.3. The Labute approximate surface area is 175 Å². The zero-order chi connectivity index (χ0) is 20.2. The highest BCUT2D eigenvalue weighted by molar-refractivity contribution is 7.97. The lowest BCUT2D eigenvalue weighted by Crippen LogP contribution is -2.43. The standard InChI is InChI=1S/C23H24N4OS/c1-3-23(28)25-18-8-10-19(11-9-18)29-27-15-13-26(14-16-27)22-6-4-5-21-20(22)12-7-17(2)24-21/h3-12H,1,13-16H2,2H3,(H,25,28). The van der Waals surface area contributed by atoms with Crippen molar-refractivity contribution in [1.82, 2.24) is 9.29 Å². The molecule has 1 amide bonds. The third kappa shape index (κ3) is 4.60. The summed E-state index contributed by atoms with van der Waals surface area (Å²) < 4.78 is 2.39. The molecule has 0 radical (unpaired) electrons. The summed E-state index contributed by atoms with van der Waals surface area (Å²) in [5.74, 6) is -0.194. The minimum absolute atomic E-state index is 0.194. The van der Waals surface area contributed by atoms with Gasteiger partial charge in [-0.3, -0.25) is 9.78 Å². The Morgan fingerprint density at radius 2 is 1.83 bits per heavy atom. The molecule has 2 aromatic carbocycles. The molecular weight excluding hydrogens is 380 g/mol. The molecule has 3 aromatic rings. The van der Waals surface area contributed by atoms with Gasteiger partial charge in [-0.15, -0.1) is 0 Å². The van der Waals surface area contributed by atoms with Gasteiger partial charge >= 0.3 is 0 Å². The van der Waals surface area contributed by atoms with Crippen molar-refractivity contribution in [3.63, 3.8) is 0 Å². The van der Waals surface area contributed by atoms with Crippen LogP contribution in [0.15, 0.2) is 72.1 Å². The second-order valence-corrected chi connectivity index (χ2v) is 8.19. The predicted octanol–water partition coefficient (Wildman–Crippen LogP) is 4.50. The number of benzene rings is 2. The Balaban J connectivity index is 1.37. The van der Waals surface area contributed by atoms with E-state index < -0.39 is 0 Å². The van der Waals surface area contributed by atoms with Crippen LogP contribution in [0.4, 0.5) is 11.4 Å². The van der Waals surface area contributed by atoms with Crippen LogP contribution in [0.2, 0.25) is 0 Å². The number of hydrogen-bond donors (Lipinski definition) is 1. The average molecular weight is 405 g/mol. The van der Waals surface area contributed by atoms with Crippen LogP contribution >= 0.6 is 11.9 Å². The summed E-state index contributed by atoms with van der Waals surface area (Å²) in [5, 5.41) is 3.99. The molecule has 148 valence electrons. The van der Waals surface area contributed by atoms with Gasteiger partial charge in [0.2, 0.25) is 5.91 Å². The van der Waals surface area contributed by atoms with Gasteiger partial charge in [0.15, 0.2) is 0 Å². The Morgan fingerprint density at radius 1 is 1.07 bits per heavy atom. The second-order valence-electron chi connectivity index (χ2n) is 7.02. The third-order valence-electron chi connectivity index (χ3n) is 4.97. The van der Waals surface area contributed by atoms with E-state index in [0.29, 0.717) is 0 Å². The van der Waals surface area contributed by atoms with E-state index in [2.05, 4.69) is 56.4 Å². The van der Waals surface area contributed by atoms with Crippen molar-refractivity contribution in [1.29, 1.82) is 0 Å². The number of anilines is 2. The normalized spacial score (nSPS) is 14.7. The molecule has 1 aliphatic heterocycles. The minimum Gasteiger partial charge on any atom is -0.368 e. The molecule has 1 aromatic heterocycles. The molecule has 5 nitrogen and oxygen atoms in total. The number of rotatable bonds is 5. The first-order chi connectivity index (χ1) is 14.1. The van der Waals surface area contributed by atoms with Gasteiger partial charge in [-0.05, 0) is 73.5 Å². The lowest BCUT2D eigenvalue weighted by molar-refractivity contribution is -0.111. The molecule has 1 N–H and O–H groups in total. The number of nitrogens with one attached hydrogen (secondary N) is 1. The predicted molar refractivity (Wildman–Crippen MR) is 121 cm³/mol. The summed E-state index contributed by atoms with van der Waals surface area (Å²) in [6, 6.07) is 18.5. The van der Waals surface area contributed by atoms with Crippen molar-refractivity contribution in [2.75, 3.05) is 36.4 Å². The van der Waals surface area contributed by atoms with E-state index in [9.17, 15) is 4.79 Å². The molecule has 1 aliphatic rings. The van der Waals surface area contributed by atoms with E-state index in [1.54, 1.807) is 11.9 Å². The Bertz CT molecular complexity index is 1030. The molecule has 0 saturated carbocycles. The minimum atomic E-state index is -0.194. The first-order valence-electron chi connectivity index (χ1n) is 9.70. The maximum atomic E-state index is 11.4. The Hall–Kier alpha value is -2.83. The van der Waals surface area contributed by atoms with Crippen molar-refractivity contribution in [2.45, 2.75) is 11.8 Å². The number of hydrogen-bond acceptors (Lipinski definition) is 5. The maximum Gasteiger partial charge on any atom is 0.247 e. The van der Waals surface area contributed by atoms with Crippen LogP contribution in [0.3, 0.4) is 0 Å². The summed E-state index contributed by atoms with van der Waals surface area (Å²) in [5.41, 5.74) is 4.15. The Morgan fingerprint density at radius 3 is 2.55 bits per heavy atom. The molecule has 2 heterocycles. The highest BCUT2D eigenvalue weighted by Crippen LogP contribution is 2.30. The smallest absolute Gasteiger partial charge is 0.247 e. The fraction of sp³-hybridized carbons (Fsp3) is 0.217. The van der Waals surface area contributed by atoms with Crippen LogP contribution in [0.5, 0.6) is 0 Å². The van der Waals surface area contributed by atoms with E-state index in [0.717, 1.165) is 43.1 Å². The fourth-order valence-electron chi connectivity index (χ4n) is 3.48. The van der Waals surface area contributed by atoms with Crippen molar-refractivity contribution in [3.8, 4) is 0 Å². The second kappa shape index (κ2) is 8.68. The lowest BCUT2D eigenvalue weighted by atomic mass is 10.1. The van der Waals surface area contributed by atoms with Crippen LogP contribution in [0, 0.1) is 6.92 Å². The summed E-state index contributed by atoms with van der Waals surface area (Å²) in [6.45, 7) is 9.42. The summed E-state index contributed by atoms with van der Waals surface area (Å²) in [4.78, 5) is 19.7. The van der Waals surface area contributed by atoms with Gasteiger partial charge in [-0.25, -0.2) is 4.31 Å². The first-order valence-corrected chi connectivity index (χ1v) is 10.5. The number of amides is 1. The van der Waals surface area contributed by atoms with Gasteiger partial charge in [0.25, 0.3) is 0 Å². The number of pyridine rings is 1. The highest BCUT2D eigenvalue weighted by atomic mass is 32.2. The fourth-order valence-corrected chi connectivity index (χ4v) is 4.38. The topological polar surface area (TPSA) is 48.5 Å². The van der Waals surface area contributed by atoms with Crippen LogP contribution in [-0.2, 0) is 4.79 Å². The van der Waals surface area contributed by atoms with Gasteiger partial charge in [0, 0.05) is 53.5 Å². The lowest BCUT2D eigenvalue weighted by Gasteiger charge is -2.35. The number of aromatic nitrogens is 1. The maximum absolute atomic E-state index is 11.4. The molecule has 1 saturated heterocycles. The largest absolute Gasteiger partial charge is 0.368 e. The summed E-state index contributed by atoms with van der Waals surface area (Å²) in [6.07, 6.45) is 1.27. The van der Waals surface area contributed by atoms with Crippen LogP contribution < -0.4 is 10.2 Å². The number of fused-ring (bicyclic) bond motifs is 1. The number of carbonyl (C=O) groups is 1. The van der Waals surface area contributed by atoms with Crippen LogP contribution in [-0.4, -0.2) is 41.4 Å². The van der Waals surface area contributed by atoms with Gasteiger partial charge < -0.3 is 10.2 Å². The van der Waals surface area contributed by atoms with E-state index in [4.69, 9.17) is 0 Å². The number of aryl methyl sites for hydroxylation is 1. The highest BCUT2D eigenvalue weighted by Gasteiger charge is 2.19. The Kier molecular flexibility index (Phi) is 5.83. The molecule has 6 heteroatoms. The molecule has 29 heavy (non-hydrogen) atoms. The molecule has 0 aliphatic carbocycles. The third-order valence-corrected chi connectivity index (χ3v) is 6.08. The number of nitrogens with zero attached hydrogens (tertiary/aromatic N) is 3. The average Bonchev–Trinajstić information content (AvgIpc) is 2.75. The van der Waals surface area contributed by atoms with E-state index >= 15 is 0 Å². The molecule has 0 atom stereocenters. The van der Waals surface area contributed by atoms with Gasteiger partial charge in [0.05, 0.1) is 5.52 Å². The molecule has 0 bridgehead atoms. The first kappa shape index (κ1) is 19.5. The summed E-state index contributed by atoms with van der Waals surface area (Å²) in [7, 11) is 0. The van der Waals surface area contributed by atoms with Crippen molar-refractivity contribution in [2.24, 2.45) is 0 Å². The van der Waals surface area contributed by atoms with E-state index in [-0.39, 0.29) is 5.91 Å². The van der Waals surface area contributed by atoms with E-state index in [1.165, 1.54) is 22.0 Å². The van der Waals surface area contributed by atoms with Gasteiger partial charge in [-0.2, -0.15) is 0 Å². The molecule has 1 fully saturated rings. The summed E-state index contributed by atoms with van der Waals surface area (Å²) >= 11 is 1.76. The van der Waals surface area contributed by atoms with Gasteiger partial charge in [0.1, 0.15) is 0 Å². The molecule has 4 rings (SSSR count). The molecule has 0 spiro atoms. The molecular formula is C23H24N4OS. The van der Waals surface area contributed by atoms with Crippen LogP contribution in [0.25, 0.3) is 10.9 Å². The van der Waals surface area contributed by atoms with Crippen molar-refractivity contribution >= 4 is 40.1 Å². The SMILES string of the molecule is C=CC(=O)Nc1ccc(SN2CCN(c3cccc4nc(C)ccc34)CC2)cc1. The number of carbonyl (C=O) groups excluding carboxylic acids is 1. The van der Waals surface area contributed by atoms with Gasteiger partial charge in [-0.1, -0.05) is 12.6 Å². The number of piperazine rings is 1. The van der Waals surface area contributed by atoms with E-state index in [1.807, 2.05) is 31.2 Å². The zero-order valence-electron chi connectivity index (χ0n) is 16.5.